The standard InChI is InChI=1S/C20H25ClFN3O3S/c1-19(2,3)28-18(26)25-20(4,5)13-9-16(24-17(10-13)29(27)11-23)12-6-7-15(22)14(21)8-12/h6-10H,11,23H2,1-5H3,(H,25,26). The molecule has 0 spiro atoms. The molecule has 1 amide bonds. The number of hydrogen-bond acceptors (Lipinski definition) is 5. The van der Waals surface area contributed by atoms with Crippen molar-refractivity contribution in [3.05, 3.63) is 46.7 Å². The van der Waals surface area contributed by atoms with Crippen molar-refractivity contribution in [2.45, 2.75) is 50.8 Å². The molecule has 1 atom stereocenters. The lowest BCUT2D eigenvalue weighted by Gasteiger charge is -2.29. The summed E-state index contributed by atoms with van der Waals surface area (Å²) in [5.41, 5.74) is 5.62. The molecule has 3 N–H and O–H groups in total. The van der Waals surface area contributed by atoms with E-state index < -0.39 is 34.2 Å². The van der Waals surface area contributed by atoms with Crippen molar-refractivity contribution in [1.82, 2.24) is 10.3 Å². The van der Waals surface area contributed by atoms with Crippen molar-refractivity contribution in [3.63, 3.8) is 0 Å². The third kappa shape index (κ3) is 6.30. The van der Waals surface area contributed by atoms with E-state index in [-0.39, 0.29) is 15.9 Å². The third-order valence-corrected chi connectivity index (χ3v) is 5.21. The number of alkyl carbamates (subject to hydrolysis) is 1. The van der Waals surface area contributed by atoms with Crippen molar-refractivity contribution >= 4 is 28.9 Å². The molecule has 0 aliphatic carbocycles. The molecule has 1 aromatic carbocycles. The van der Waals surface area contributed by atoms with Gasteiger partial charge in [-0.3, -0.25) is 5.73 Å². The number of hydrogen-bond donors (Lipinski definition) is 2. The summed E-state index contributed by atoms with van der Waals surface area (Å²) in [4.78, 5) is 16.7. The van der Waals surface area contributed by atoms with Crippen molar-refractivity contribution in [1.29, 1.82) is 0 Å². The van der Waals surface area contributed by atoms with Crippen LogP contribution in [0.3, 0.4) is 0 Å². The van der Waals surface area contributed by atoms with Gasteiger partial charge in [-0.15, -0.1) is 0 Å². The molecule has 29 heavy (non-hydrogen) atoms. The number of carbonyl (C=O) groups excluding carboxylic acids is 1. The lowest BCUT2D eigenvalue weighted by Crippen LogP contribution is -2.44. The summed E-state index contributed by atoms with van der Waals surface area (Å²) < 4.78 is 31.2. The molecule has 6 nitrogen and oxygen atoms in total. The van der Waals surface area contributed by atoms with Gasteiger partial charge in [0.25, 0.3) is 0 Å². The van der Waals surface area contributed by atoms with Gasteiger partial charge in [0, 0.05) is 22.8 Å². The number of benzene rings is 1. The Morgan fingerprint density at radius 2 is 1.93 bits per heavy atom. The monoisotopic (exact) mass is 441 g/mol. The number of halogens is 2. The molecule has 0 aliphatic rings. The van der Waals surface area contributed by atoms with Crippen molar-refractivity contribution in [3.8, 4) is 11.3 Å². The van der Waals surface area contributed by atoms with Crippen LogP contribution in [0.15, 0.2) is 35.4 Å². The predicted octanol–water partition coefficient (Wildman–Crippen LogP) is 4.32. The molecule has 158 valence electrons. The lowest BCUT2D eigenvalue weighted by atomic mass is 9.93. The highest BCUT2D eigenvalue weighted by Crippen LogP contribution is 2.30. The van der Waals surface area contributed by atoms with Crippen LogP contribution in [0.5, 0.6) is 0 Å². The zero-order valence-electron chi connectivity index (χ0n) is 17.0. The van der Waals surface area contributed by atoms with E-state index in [9.17, 15) is 13.7 Å². The minimum absolute atomic E-state index is 0.0534. The minimum Gasteiger partial charge on any atom is -0.609 e. The van der Waals surface area contributed by atoms with Crippen molar-refractivity contribution in [2.24, 2.45) is 5.73 Å². The van der Waals surface area contributed by atoms with Crippen LogP contribution < -0.4 is 11.1 Å². The van der Waals surface area contributed by atoms with Crippen LogP contribution >= 0.6 is 11.6 Å². The largest absolute Gasteiger partial charge is 0.609 e. The Bertz CT molecular complexity index is 903. The fourth-order valence-corrected chi connectivity index (χ4v) is 3.31. The molecule has 0 fully saturated rings. The predicted molar refractivity (Wildman–Crippen MR) is 112 cm³/mol. The Morgan fingerprint density at radius 3 is 2.48 bits per heavy atom. The first-order valence-electron chi connectivity index (χ1n) is 8.90. The number of ether oxygens (including phenoxy) is 1. The quantitative estimate of drug-likeness (QED) is 0.673. The fourth-order valence-electron chi connectivity index (χ4n) is 2.50. The normalized spacial score (nSPS) is 13.1. The summed E-state index contributed by atoms with van der Waals surface area (Å²) in [5.74, 6) is -0.663. The summed E-state index contributed by atoms with van der Waals surface area (Å²) in [6, 6.07) is 7.53. The molecular weight excluding hydrogens is 417 g/mol. The van der Waals surface area contributed by atoms with Gasteiger partial charge < -0.3 is 14.6 Å². The Balaban J connectivity index is 2.49. The van der Waals surface area contributed by atoms with Crippen molar-refractivity contribution in [2.75, 3.05) is 5.88 Å². The van der Waals surface area contributed by atoms with E-state index in [0.29, 0.717) is 16.8 Å². The Labute approximate surface area is 178 Å². The Hall–Kier alpha value is -1.87. The van der Waals surface area contributed by atoms with Crippen LogP contribution in [0.1, 0.15) is 40.2 Å². The van der Waals surface area contributed by atoms with Gasteiger partial charge in [-0.1, -0.05) is 11.6 Å². The van der Waals surface area contributed by atoms with Crippen LogP contribution in [0.25, 0.3) is 11.3 Å². The van der Waals surface area contributed by atoms with Crippen molar-refractivity contribution < 1.29 is 18.5 Å². The zero-order chi connectivity index (χ0) is 22.0. The lowest BCUT2D eigenvalue weighted by molar-refractivity contribution is 0.0470. The highest BCUT2D eigenvalue weighted by Gasteiger charge is 2.29. The topological polar surface area (TPSA) is 100 Å². The van der Waals surface area contributed by atoms with Crippen LogP contribution in [-0.4, -0.2) is 27.1 Å². The highest BCUT2D eigenvalue weighted by molar-refractivity contribution is 7.91. The molecule has 0 saturated carbocycles. The van der Waals surface area contributed by atoms with Gasteiger partial charge >= 0.3 is 6.09 Å². The van der Waals surface area contributed by atoms with E-state index in [1.807, 2.05) is 0 Å². The molecule has 1 unspecified atom stereocenters. The molecule has 0 bridgehead atoms. The molecule has 0 saturated heterocycles. The average Bonchev–Trinajstić information content (AvgIpc) is 2.60. The van der Waals surface area contributed by atoms with Gasteiger partial charge in [0.05, 0.1) is 16.3 Å². The van der Waals surface area contributed by atoms with E-state index in [2.05, 4.69) is 10.3 Å². The maximum absolute atomic E-state index is 13.5. The Morgan fingerprint density at radius 1 is 1.28 bits per heavy atom. The summed E-state index contributed by atoms with van der Waals surface area (Å²) in [6.45, 7) is 8.87. The van der Waals surface area contributed by atoms with E-state index in [1.54, 1.807) is 46.8 Å². The van der Waals surface area contributed by atoms with Gasteiger partial charge in [-0.05, 0) is 64.4 Å². The molecule has 1 aromatic heterocycles. The third-order valence-electron chi connectivity index (χ3n) is 3.94. The first-order chi connectivity index (χ1) is 13.3. The number of pyridine rings is 1. The van der Waals surface area contributed by atoms with Crippen LogP contribution in [0.4, 0.5) is 9.18 Å². The first-order valence-corrected chi connectivity index (χ1v) is 10.6. The second-order valence-corrected chi connectivity index (χ2v) is 9.82. The molecule has 0 aliphatic heterocycles. The number of rotatable bonds is 5. The SMILES string of the molecule is CC(C)(C)OC(=O)NC(C)(C)c1cc(-c2ccc(F)c(Cl)c2)nc([S+]([O-])CN)c1. The smallest absolute Gasteiger partial charge is 0.408 e. The van der Waals surface area contributed by atoms with Gasteiger partial charge in [-0.2, -0.15) is 0 Å². The number of aromatic nitrogens is 1. The fraction of sp³-hybridized carbons (Fsp3) is 0.400. The second-order valence-electron chi connectivity index (χ2n) is 7.97. The number of nitrogens with two attached hydrogens (primary N) is 1. The molecule has 0 radical (unpaired) electrons. The van der Waals surface area contributed by atoms with Gasteiger partial charge in [0.1, 0.15) is 11.4 Å². The summed E-state index contributed by atoms with van der Waals surface area (Å²) in [7, 11) is 0. The maximum Gasteiger partial charge on any atom is 0.408 e. The highest BCUT2D eigenvalue weighted by atomic mass is 35.5. The number of amides is 1. The Kier molecular flexibility index (Phi) is 7.16. The molecular formula is C20H25ClFN3O3S. The van der Waals surface area contributed by atoms with E-state index in [0.717, 1.165) is 0 Å². The van der Waals surface area contributed by atoms with E-state index >= 15 is 0 Å². The van der Waals surface area contributed by atoms with Crippen LogP contribution in [-0.2, 0) is 21.5 Å². The summed E-state index contributed by atoms with van der Waals surface area (Å²) in [5, 5.41) is 3.00. The van der Waals surface area contributed by atoms with E-state index in [1.165, 1.54) is 18.2 Å². The van der Waals surface area contributed by atoms with Gasteiger partial charge in [0.15, 0.2) is 5.88 Å². The summed E-state index contributed by atoms with van der Waals surface area (Å²) in [6.07, 6.45) is -0.591. The number of nitrogens with zero attached hydrogens (tertiary/aromatic N) is 1. The van der Waals surface area contributed by atoms with Gasteiger partial charge in [0.2, 0.25) is 5.03 Å². The molecule has 1 heterocycles. The van der Waals surface area contributed by atoms with Crippen LogP contribution in [0, 0.1) is 5.82 Å². The molecule has 2 rings (SSSR count). The summed E-state index contributed by atoms with van der Waals surface area (Å²) >= 11 is 4.35. The van der Waals surface area contributed by atoms with Gasteiger partial charge in [-0.25, -0.2) is 14.2 Å². The number of carbonyl (C=O) groups is 1. The second kappa shape index (κ2) is 8.87. The van der Waals surface area contributed by atoms with Crippen LogP contribution in [0.2, 0.25) is 5.02 Å². The first kappa shape index (κ1) is 23.4. The zero-order valence-corrected chi connectivity index (χ0v) is 18.6. The minimum atomic E-state index is -1.54. The molecule has 9 heteroatoms. The maximum atomic E-state index is 13.5. The average molecular weight is 442 g/mol. The molecule has 2 aromatic rings. The number of nitrogens with one attached hydrogen (secondary N) is 1. The van der Waals surface area contributed by atoms with E-state index in [4.69, 9.17) is 22.1 Å².